The van der Waals surface area contributed by atoms with E-state index in [1.54, 1.807) is 0 Å². The average Bonchev–Trinajstić information content (AvgIpc) is 3.37. The molecule has 1 aromatic heterocycles. The summed E-state index contributed by atoms with van der Waals surface area (Å²) in [5.41, 5.74) is 8.19. The standard InChI is InChI=1S/C21H18N4O/c26-24-19-13-8-9-21(10-13)11-15-14(6-7-16-20(15)23-25-22-16)18(21)17(19)12-4-2-1-3-5-12/h1-7,13,19H,8-11H2,(H,22,23,25)/t13-,19?,21+/m1/s1. The Balaban J connectivity index is 1.72. The topological polar surface area (TPSA) is 71.0 Å². The van der Waals surface area contributed by atoms with E-state index in [4.69, 9.17) is 0 Å². The minimum atomic E-state index is -0.248. The van der Waals surface area contributed by atoms with Crippen LogP contribution in [0.4, 0.5) is 0 Å². The lowest BCUT2D eigenvalue weighted by Crippen LogP contribution is -2.29. The highest BCUT2D eigenvalue weighted by molar-refractivity contribution is 6.02. The zero-order chi connectivity index (χ0) is 17.3. The summed E-state index contributed by atoms with van der Waals surface area (Å²) in [4.78, 5) is 11.9. The molecule has 0 amide bonds. The van der Waals surface area contributed by atoms with E-state index >= 15 is 0 Å². The lowest BCUT2D eigenvalue weighted by molar-refractivity contribution is 0.377. The third-order valence-electron chi connectivity index (χ3n) is 6.77. The molecule has 3 aliphatic rings. The summed E-state index contributed by atoms with van der Waals surface area (Å²) in [5.74, 6) is 0.355. The van der Waals surface area contributed by atoms with Crippen LogP contribution >= 0.6 is 0 Å². The van der Waals surface area contributed by atoms with Crippen LogP contribution in [0, 0.1) is 16.2 Å². The zero-order valence-electron chi connectivity index (χ0n) is 14.3. The molecule has 26 heavy (non-hydrogen) atoms. The summed E-state index contributed by atoms with van der Waals surface area (Å²) in [6.45, 7) is 0. The third kappa shape index (κ3) is 1.66. The predicted molar refractivity (Wildman–Crippen MR) is 100 cm³/mol. The van der Waals surface area contributed by atoms with Gasteiger partial charge in [0.25, 0.3) is 0 Å². The lowest BCUT2D eigenvalue weighted by atomic mass is 9.68. The van der Waals surface area contributed by atoms with Gasteiger partial charge < -0.3 is 0 Å². The Kier molecular flexibility index (Phi) is 2.69. The molecule has 0 saturated heterocycles. The first-order valence-electron chi connectivity index (χ1n) is 9.26. The van der Waals surface area contributed by atoms with Crippen LogP contribution in [0.1, 0.15) is 36.0 Å². The van der Waals surface area contributed by atoms with Crippen LogP contribution in [-0.2, 0) is 6.42 Å². The Labute approximate surface area is 150 Å². The molecular formula is C21H18N4O. The Morgan fingerprint density at radius 2 is 2.00 bits per heavy atom. The molecule has 1 fully saturated rings. The largest absolute Gasteiger partial charge is 0.197 e. The fraction of sp³-hybridized carbons (Fsp3) is 0.333. The number of rotatable bonds is 2. The first-order chi connectivity index (χ1) is 12.8. The monoisotopic (exact) mass is 342 g/mol. The average molecular weight is 342 g/mol. The number of hydrogen-bond acceptors (Lipinski definition) is 4. The van der Waals surface area contributed by atoms with Gasteiger partial charge in [-0.25, -0.2) is 0 Å². The summed E-state index contributed by atoms with van der Waals surface area (Å²) in [6.07, 6.45) is 4.26. The van der Waals surface area contributed by atoms with Crippen molar-refractivity contribution in [3.8, 4) is 0 Å². The van der Waals surface area contributed by atoms with Gasteiger partial charge >= 0.3 is 0 Å². The predicted octanol–water partition coefficient (Wildman–Crippen LogP) is 4.36. The molecule has 2 bridgehead atoms. The molecule has 1 heterocycles. The quantitative estimate of drug-likeness (QED) is 0.703. The SMILES string of the molecule is O=NC1C(c2ccccc2)=C2c3ccc4n[nH]nc4c3C[C@@]23CC[C@@H]1C3. The molecule has 0 aliphatic heterocycles. The molecule has 3 aromatic rings. The number of nitrogens with one attached hydrogen (secondary N) is 1. The molecule has 1 saturated carbocycles. The van der Waals surface area contributed by atoms with E-state index in [2.05, 4.69) is 38.8 Å². The van der Waals surface area contributed by atoms with Crippen LogP contribution in [0.3, 0.4) is 0 Å². The third-order valence-corrected chi connectivity index (χ3v) is 6.77. The van der Waals surface area contributed by atoms with Crippen molar-refractivity contribution in [1.82, 2.24) is 15.4 Å². The Hall–Kier alpha value is -2.82. The van der Waals surface area contributed by atoms with Crippen LogP contribution in [0.15, 0.2) is 47.6 Å². The second kappa shape index (κ2) is 4.87. The number of benzene rings is 2. The number of hydrogen-bond donors (Lipinski definition) is 1. The molecule has 3 atom stereocenters. The Morgan fingerprint density at radius 1 is 1.12 bits per heavy atom. The Morgan fingerprint density at radius 3 is 2.85 bits per heavy atom. The van der Waals surface area contributed by atoms with E-state index in [0.29, 0.717) is 5.92 Å². The van der Waals surface area contributed by atoms with Crippen LogP contribution in [0.2, 0.25) is 0 Å². The molecule has 3 aliphatic carbocycles. The number of allylic oxidation sites excluding steroid dienone is 1. The molecular weight excluding hydrogens is 324 g/mol. The Bertz CT molecular complexity index is 1080. The van der Waals surface area contributed by atoms with Crippen LogP contribution in [-0.4, -0.2) is 21.5 Å². The van der Waals surface area contributed by atoms with Gasteiger partial charge in [0.1, 0.15) is 17.1 Å². The minimum absolute atomic E-state index is 0.132. The minimum Gasteiger partial charge on any atom is -0.197 e. The van der Waals surface area contributed by atoms with Gasteiger partial charge in [0.15, 0.2) is 0 Å². The molecule has 1 N–H and O–H groups in total. The van der Waals surface area contributed by atoms with Crippen LogP contribution < -0.4 is 0 Å². The second-order valence-electron chi connectivity index (χ2n) is 7.95. The fourth-order valence-electron chi connectivity index (χ4n) is 5.80. The first-order valence-corrected chi connectivity index (χ1v) is 9.26. The van der Waals surface area contributed by atoms with Crippen molar-refractivity contribution in [2.24, 2.45) is 16.5 Å². The van der Waals surface area contributed by atoms with Gasteiger partial charge in [-0.05, 0) is 65.5 Å². The molecule has 2 aromatic carbocycles. The molecule has 6 rings (SSSR count). The van der Waals surface area contributed by atoms with Gasteiger partial charge in [-0.2, -0.15) is 20.3 Å². The van der Waals surface area contributed by atoms with Crippen molar-refractivity contribution < 1.29 is 0 Å². The van der Waals surface area contributed by atoms with Crippen LogP contribution in [0.25, 0.3) is 22.2 Å². The van der Waals surface area contributed by atoms with E-state index in [0.717, 1.165) is 47.9 Å². The summed E-state index contributed by atoms with van der Waals surface area (Å²) < 4.78 is 0. The summed E-state index contributed by atoms with van der Waals surface area (Å²) in [7, 11) is 0. The van der Waals surface area contributed by atoms with Gasteiger partial charge in [0.05, 0.1) is 0 Å². The van der Waals surface area contributed by atoms with Crippen molar-refractivity contribution in [1.29, 1.82) is 0 Å². The molecule has 128 valence electrons. The maximum atomic E-state index is 11.9. The molecule has 1 spiro atoms. The highest BCUT2D eigenvalue weighted by atomic mass is 16.3. The maximum absolute atomic E-state index is 11.9. The number of fused-ring (bicyclic) bond motifs is 5. The first kappa shape index (κ1) is 14.4. The second-order valence-corrected chi connectivity index (χ2v) is 7.95. The van der Waals surface area contributed by atoms with Gasteiger partial charge in [-0.3, -0.25) is 0 Å². The number of aromatic nitrogens is 3. The van der Waals surface area contributed by atoms with Crippen LogP contribution in [0.5, 0.6) is 0 Å². The fourth-order valence-corrected chi connectivity index (χ4v) is 5.80. The van der Waals surface area contributed by atoms with E-state index in [1.807, 2.05) is 24.3 Å². The van der Waals surface area contributed by atoms with Crippen molar-refractivity contribution >= 4 is 22.2 Å². The van der Waals surface area contributed by atoms with Crippen molar-refractivity contribution in [3.05, 3.63) is 64.1 Å². The maximum Gasteiger partial charge on any atom is 0.121 e. The van der Waals surface area contributed by atoms with E-state index in [-0.39, 0.29) is 11.5 Å². The van der Waals surface area contributed by atoms with E-state index in [1.165, 1.54) is 16.7 Å². The summed E-state index contributed by atoms with van der Waals surface area (Å²) >= 11 is 0. The normalized spacial score (nSPS) is 29.1. The lowest BCUT2D eigenvalue weighted by Gasteiger charge is -2.36. The number of H-pyrrole nitrogens is 1. The van der Waals surface area contributed by atoms with Gasteiger partial charge in [-0.15, -0.1) is 0 Å². The molecule has 1 unspecified atom stereocenters. The van der Waals surface area contributed by atoms with E-state index in [9.17, 15) is 4.91 Å². The summed E-state index contributed by atoms with van der Waals surface area (Å²) in [6, 6.07) is 14.3. The van der Waals surface area contributed by atoms with Gasteiger partial charge in [0.2, 0.25) is 0 Å². The summed E-state index contributed by atoms with van der Waals surface area (Å²) in [5, 5.41) is 15.1. The highest BCUT2D eigenvalue weighted by Crippen LogP contribution is 2.65. The smallest absolute Gasteiger partial charge is 0.121 e. The molecule has 5 heteroatoms. The molecule has 5 nitrogen and oxygen atoms in total. The van der Waals surface area contributed by atoms with Crippen molar-refractivity contribution in [2.75, 3.05) is 0 Å². The number of aromatic amines is 1. The highest BCUT2D eigenvalue weighted by Gasteiger charge is 2.55. The van der Waals surface area contributed by atoms with Gasteiger partial charge in [0, 0.05) is 5.41 Å². The number of nitrogens with zero attached hydrogens (tertiary/aromatic N) is 3. The van der Waals surface area contributed by atoms with Crippen molar-refractivity contribution in [3.63, 3.8) is 0 Å². The van der Waals surface area contributed by atoms with Crippen molar-refractivity contribution in [2.45, 2.75) is 31.7 Å². The van der Waals surface area contributed by atoms with Gasteiger partial charge in [-0.1, -0.05) is 41.6 Å². The van der Waals surface area contributed by atoms with E-state index < -0.39 is 0 Å². The molecule has 0 radical (unpaired) electrons. The zero-order valence-corrected chi connectivity index (χ0v) is 14.3. The number of nitroso groups, excluding NO2 is 1.